The molecule has 1 fully saturated rings. The molecule has 1 amide bonds. The minimum Gasteiger partial charge on any atom is -0.392 e. The Balaban J connectivity index is 2.34. The Morgan fingerprint density at radius 3 is 2.69 bits per heavy atom. The Kier molecular flexibility index (Phi) is 2.70. The van der Waals surface area contributed by atoms with Crippen molar-refractivity contribution in [2.24, 2.45) is 0 Å². The van der Waals surface area contributed by atoms with E-state index in [-0.39, 0.29) is 30.2 Å². The van der Waals surface area contributed by atoms with Crippen molar-refractivity contribution in [3.63, 3.8) is 0 Å². The molecule has 0 atom stereocenters. The maximum Gasteiger partial charge on any atom is 0.234 e. The number of halogens is 1. The Hall–Kier alpha value is -1.75. The smallest absolute Gasteiger partial charge is 0.234 e. The Morgan fingerprint density at radius 2 is 2.12 bits per heavy atom. The normalized spacial score (nSPS) is 16.0. The molecule has 16 heavy (non-hydrogen) atoms. The van der Waals surface area contributed by atoms with Crippen molar-refractivity contribution in [1.29, 1.82) is 0 Å². The van der Waals surface area contributed by atoms with Gasteiger partial charge in [-0.1, -0.05) is 0 Å². The second kappa shape index (κ2) is 4.02. The van der Waals surface area contributed by atoms with Crippen molar-refractivity contribution in [3.05, 3.63) is 29.6 Å². The lowest BCUT2D eigenvalue weighted by Crippen LogP contribution is -2.24. The molecule has 1 N–H and O–H groups in total. The van der Waals surface area contributed by atoms with Crippen LogP contribution in [0.4, 0.5) is 10.1 Å². The number of hydrogen-bond acceptors (Lipinski definition) is 3. The molecule has 0 aromatic heterocycles. The fraction of sp³-hybridized carbons (Fsp3) is 0.273. The van der Waals surface area contributed by atoms with Gasteiger partial charge in [-0.25, -0.2) is 4.39 Å². The zero-order chi connectivity index (χ0) is 11.7. The lowest BCUT2D eigenvalue weighted by atomic mass is 10.2. The molecule has 0 radical (unpaired) electrons. The van der Waals surface area contributed by atoms with E-state index in [2.05, 4.69) is 0 Å². The van der Waals surface area contributed by atoms with Gasteiger partial charge >= 0.3 is 0 Å². The average Bonchev–Trinajstić information content (AvgIpc) is 2.59. The van der Waals surface area contributed by atoms with Crippen molar-refractivity contribution in [2.45, 2.75) is 13.0 Å². The monoisotopic (exact) mass is 223 g/mol. The van der Waals surface area contributed by atoms with Gasteiger partial charge in [0, 0.05) is 11.3 Å². The van der Waals surface area contributed by atoms with Crippen LogP contribution in [-0.2, 0) is 16.2 Å². The highest BCUT2D eigenvalue weighted by Gasteiger charge is 2.28. The number of aliphatic hydroxyl groups is 1. The molecule has 0 saturated carbocycles. The molecule has 1 saturated heterocycles. The van der Waals surface area contributed by atoms with Gasteiger partial charge in [0.2, 0.25) is 5.91 Å². The molecular formula is C11H10FNO3. The number of carbonyl (C=O) groups is 2. The van der Waals surface area contributed by atoms with E-state index in [1.54, 1.807) is 0 Å². The van der Waals surface area contributed by atoms with Crippen LogP contribution in [0.1, 0.15) is 12.0 Å². The van der Waals surface area contributed by atoms with E-state index in [4.69, 9.17) is 5.11 Å². The molecule has 0 spiro atoms. The Bertz CT molecular complexity index is 459. The Labute approximate surface area is 91.3 Å². The van der Waals surface area contributed by atoms with Gasteiger partial charge in [0.1, 0.15) is 5.82 Å². The van der Waals surface area contributed by atoms with E-state index in [1.807, 2.05) is 0 Å². The number of amides is 1. The van der Waals surface area contributed by atoms with Gasteiger partial charge in [0.25, 0.3) is 0 Å². The number of carbonyl (C=O) groups excluding carboxylic acids is 2. The van der Waals surface area contributed by atoms with Crippen LogP contribution in [0.25, 0.3) is 0 Å². The van der Waals surface area contributed by atoms with Crippen LogP contribution in [0.5, 0.6) is 0 Å². The standard InChI is InChI=1S/C11H10FNO3/c12-10-2-1-8(3-7(10)6-14)13-5-9(15)4-11(13)16/h1-3,14H,4-6H2. The summed E-state index contributed by atoms with van der Waals surface area (Å²) in [4.78, 5) is 23.8. The minimum absolute atomic E-state index is 0.0231. The highest BCUT2D eigenvalue weighted by Crippen LogP contribution is 2.22. The molecule has 5 heteroatoms. The fourth-order valence-electron chi connectivity index (χ4n) is 1.67. The first-order valence-corrected chi connectivity index (χ1v) is 4.83. The number of aliphatic hydroxyl groups excluding tert-OH is 1. The van der Waals surface area contributed by atoms with E-state index in [9.17, 15) is 14.0 Å². The first-order chi connectivity index (χ1) is 7.61. The van der Waals surface area contributed by atoms with Crippen molar-refractivity contribution in [1.82, 2.24) is 0 Å². The molecule has 1 aromatic carbocycles. The predicted octanol–water partition coefficient (Wildman–Crippen LogP) is 0.624. The Morgan fingerprint density at radius 1 is 1.38 bits per heavy atom. The molecule has 2 rings (SSSR count). The van der Waals surface area contributed by atoms with Crippen LogP contribution < -0.4 is 4.90 Å². The van der Waals surface area contributed by atoms with E-state index >= 15 is 0 Å². The number of rotatable bonds is 2. The summed E-state index contributed by atoms with van der Waals surface area (Å²) in [7, 11) is 0. The van der Waals surface area contributed by atoms with Crippen LogP contribution in [0.3, 0.4) is 0 Å². The quantitative estimate of drug-likeness (QED) is 0.748. The summed E-state index contributed by atoms with van der Waals surface area (Å²) in [6.45, 7) is -0.412. The second-order valence-electron chi connectivity index (χ2n) is 3.63. The molecule has 84 valence electrons. The SMILES string of the molecule is O=C1CC(=O)N(c2ccc(F)c(CO)c2)C1. The van der Waals surface area contributed by atoms with Crippen molar-refractivity contribution in [3.8, 4) is 0 Å². The first-order valence-electron chi connectivity index (χ1n) is 4.83. The van der Waals surface area contributed by atoms with Crippen molar-refractivity contribution < 1.29 is 19.1 Å². The van der Waals surface area contributed by atoms with Crippen LogP contribution in [-0.4, -0.2) is 23.3 Å². The van der Waals surface area contributed by atoms with Gasteiger partial charge in [-0.2, -0.15) is 0 Å². The number of hydrogen-bond donors (Lipinski definition) is 1. The summed E-state index contributed by atoms with van der Waals surface area (Å²) in [5, 5.41) is 8.89. The number of nitrogens with zero attached hydrogens (tertiary/aromatic N) is 1. The van der Waals surface area contributed by atoms with Crippen LogP contribution in [0.15, 0.2) is 18.2 Å². The molecule has 1 heterocycles. The summed E-state index contributed by atoms with van der Waals surface area (Å²) in [5.41, 5.74) is 0.561. The topological polar surface area (TPSA) is 57.6 Å². The zero-order valence-electron chi connectivity index (χ0n) is 8.44. The number of Topliss-reactive ketones (excluding diaryl/α,β-unsaturated/α-hetero) is 1. The first kappa shape index (κ1) is 10.8. The van der Waals surface area contributed by atoms with Gasteiger partial charge < -0.3 is 10.0 Å². The molecular weight excluding hydrogens is 213 g/mol. The van der Waals surface area contributed by atoms with E-state index in [1.165, 1.54) is 23.1 Å². The van der Waals surface area contributed by atoms with Gasteiger partial charge in [-0.3, -0.25) is 9.59 Å². The number of anilines is 1. The van der Waals surface area contributed by atoms with E-state index < -0.39 is 12.4 Å². The molecule has 1 aromatic rings. The van der Waals surface area contributed by atoms with Gasteiger partial charge in [0.15, 0.2) is 5.78 Å². The average molecular weight is 223 g/mol. The van der Waals surface area contributed by atoms with Crippen LogP contribution in [0, 0.1) is 5.82 Å². The summed E-state index contributed by atoms with van der Waals surface area (Å²) >= 11 is 0. The lowest BCUT2D eigenvalue weighted by molar-refractivity contribution is -0.121. The molecule has 0 aliphatic carbocycles. The molecule has 4 nitrogen and oxygen atoms in total. The number of ketones is 1. The third kappa shape index (κ3) is 1.81. The molecule has 1 aliphatic rings. The number of benzene rings is 1. The highest BCUT2D eigenvalue weighted by atomic mass is 19.1. The predicted molar refractivity (Wildman–Crippen MR) is 54.3 cm³/mol. The minimum atomic E-state index is -0.524. The third-order valence-corrected chi connectivity index (χ3v) is 2.50. The third-order valence-electron chi connectivity index (χ3n) is 2.50. The van der Waals surface area contributed by atoms with E-state index in [0.29, 0.717) is 5.69 Å². The maximum absolute atomic E-state index is 13.1. The van der Waals surface area contributed by atoms with Gasteiger partial charge in [-0.15, -0.1) is 0 Å². The fourth-order valence-corrected chi connectivity index (χ4v) is 1.67. The molecule has 1 aliphatic heterocycles. The molecule has 0 bridgehead atoms. The summed E-state index contributed by atoms with van der Waals surface area (Å²) in [6, 6.07) is 3.98. The maximum atomic E-state index is 13.1. The molecule has 0 unspecified atom stereocenters. The van der Waals surface area contributed by atoms with E-state index in [0.717, 1.165) is 0 Å². The second-order valence-corrected chi connectivity index (χ2v) is 3.63. The zero-order valence-corrected chi connectivity index (χ0v) is 8.44. The lowest BCUT2D eigenvalue weighted by Gasteiger charge is -2.15. The van der Waals surface area contributed by atoms with Crippen LogP contribution >= 0.6 is 0 Å². The van der Waals surface area contributed by atoms with Crippen molar-refractivity contribution in [2.75, 3.05) is 11.4 Å². The van der Waals surface area contributed by atoms with Crippen molar-refractivity contribution >= 4 is 17.4 Å². The largest absolute Gasteiger partial charge is 0.392 e. The highest BCUT2D eigenvalue weighted by molar-refractivity contribution is 6.15. The summed E-state index contributed by atoms with van der Waals surface area (Å²) in [6.07, 6.45) is -0.105. The summed E-state index contributed by atoms with van der Waals surface area (Å²) in [5.74, 6) is -0.968. The van der Waals surface area contributed by atoms with Gasteiger partial charge in [0.05, 0.1) is 19.6 Å². The van der Waals surface area contributed by atoms with Crippen LogP contribution in [0.2, 0.25) is 0 Å². The summed E-state index contributed by atoms with van der Waals surface area (Å²) < 4.78 is 13.1. The van der Waals surface area contributed by atoms with Gasteiger partial charge in [-0.05, 0) is 18.2 Å².